The molecule has 30 heavy (non-hydrogen) atoms. The lowest BCUT2D eigenvalue weighted by molar-refractivity contribution is -0.277. The van der Waals surface area contributed by atoms with Crippen LogP contribution in [-0.4, -0.2) is 64.1 Å². The molecule has 1 aliphatic heterocycles. The maximum absolute atomic E-state index is 12.3. The van der Waals surface area contributed by atoms with Crippen LogP contribution in [0.2, 0.25) is 0 Å². The zero-order chi connectivity index (χ0) is 21.9. The topological polar surface area (TPSA) is 109 Å². The van der Waals surface area contributed by atoms with Crippen LogP contribution < -0.4 is 9.47 Å². The fourth-order valence-electron chi connectivity index (χ4n) is 3.08. The minimum absolute atomic E-state index is 0.292. The Hall–Kier alpha value is -2.37. The van der Waals surface area contributed by atoms with E-state index in [9.17, 15) is 33.6 Å². The van der Waals surface area contributed by atoms with Crippen molar-refractivity contribution < 1.29 is 47.8 Å². The van der Waals surface area contributed by atoms with Gasteiger partial charge < -0.3 is 34.6 Å². The number of alkyl halides is 3. The Kier molecular flexibility index (Phi) is 6.84. The van der Waals surface area contributed by atoms with Gasteiger partial charge in [0.15, 0.2) is 0 Å². The van der Waals surface area contributed by atoms with E-state index in [2.05, 4.69) is 4.74 Å². The molecule has 2 aromatic rings. The van der Waals surface area contributed by atoms with Crippen LogP contribution in [0.4, 0.5) is 13.2 Å². The van der Waals surface area contributed by atoms with Gasteiger partial charge in [-0.25, -0.2) is 0 Å². The van der Waals surface area contributed by atoms with Crippen LogP contribution in [0.15, 0.2) is 48.5 Å². The summed E-state index contributed by atoms with van der Waals surface area (Å²) < 4.78 is 51.7. The summed E-state index contributed by atoms with van der Waals surface area (Å²) in [5, 5.41) is 39.2. The van der Waals surface area contributed by atoms with Gasteiger partial charge in [-0.1, -0.05) is 30.3 Å². The first-order chi connectivity index (χ1) is 14.2. The maximum atomic E-state index is 12.3. The molecule has 0 spiro atoms. The quantitative estimate of drug-likeness (QED) is 0.548. The Morgan fingerprint density at radius 2 is 1.57 bits per heavy atom. The molecule has 7 nitrogen and oxygen atoms in total. The Labute approximate surface area is 169 Å². The first kappa shape index (κ1) is 22.3. The largest absolute Gasteiger partial charge is 0.573 e. The molecule has 3 rings (SSSR count). The summed E-state index contributed by atoms with van der Waals surface area (Å²) in [5.41, 5.74) is 1.31. The molecule has 0 aromatic heterocycles. The predicted octanol–water partition coefficient (Wildman–Crippen LogP) is 1.35. The van der Waals surface area contributed by atoms with E-state index >= 15 is 0 Å². The van der Waals surface area contributed by atoms with Crippen molar-refractivity contribution in [3.8, 4) is 11.5 Å². The number of hydrogen-bond donors (Lipinski definition) is 4. The molecule has 0 saturated carbocycles. The van der Waals surface area contributed by atoms with Gasteiger partial charge in [-0.2, -0.15) is 0 Å². The molecule has 1 saturated heterocycles. The third-order valence-electron chi connectivity index (χ3n) is 4.62. The SMILES string of the molecule is OC[C@H]1O[C@@H](Oc2ccccc2Cc2ccc(OC(F)(F)F)cc2)[C@H](O)[C@@H](O)[C@@H]1O. The highest BCUT2D eigenvalue weighted by molar-refractivity contribution is 5.39. The Bertz CT molecular complexity index is 826. The van der Waals surface area contributed by atoms with Gasteiger partial charge in [-0.3, -0.25) is 0 Å². The Morgan fingerprint density at radius 1 is 0.900 bits per heavy atom. The van der Waals surface area contributed by atoms with Crippen LogP contribution in [-0.2, 0) is 11.2 Å². The van der Waals surface area contributed by atoms with Crippen molar-refractivity contribution in [3.05, 3.63) is 59.7 Å². The molecule has 0 amide bonds. The van der Waals surface area contributed by atoms with Crippen molar-refractivity contribution in [2.24, 2.45) is 0 Å². The van der Waals surface area contributed by atoms with E-state index in [0.717, 1.165) is 0 Å². The van der Waals surface area contributed by atoms with Gasteiger partial charge in [0.1, 0.15) is 35.9 Å². The fraction of sp³-hybridized carbons (Fsp3) is 0.400. The van der Waals surface area contributed by atoms with Crippen LogP contribution in [0, 0.1) is 0 Å². The lowest BCUT2D eigenvalue weighted by Crippen LogP contribution is -2.60. The van der Waals surface area contributed by atoms with E-state index in [1.54, 1.807) is 24.3 Å². The number of halogens is 3. The number of para-hydroxylation sites is 1. The molecule has 2 aromatic carbocycles. The molecule has 1 heterocycles. The molecular weight excluding hydrogens is 409 g/mol. The molecule has 164 valence electrons. The third kappa shape index (κ3) is 5.41. The van der Waals surface area contributed by atoms with Crippen LogP contribution in [0.1, 0.15) is 11.1 Å². The molecule has 5 atom stereocenters. The predicted molar refractivity (Wildman–Crippen MR) is 96.8 cm³/mol. The molecule has 1 fully saturated rings. The number of ether oxygens (including phenoxy) is 3. The van der Waals surface area contributed by atoms with Gasteiger partial charge in [0.05, 0.1) is 6.61 Å². The standard InChI is InChI=1S/C20H21F3O7/c21-20(22,23)30-13-7-5-11(6-8-13)9-12-3-1-2-4-14(12)28-19-18(27)17(26)16(25)15(10-24)29-19/h1-8,15-19,24-27H,9-10H2/t15-,16-,17+,18-,19-/m1/s1. The highest BCUT2D eigenvalue weighted by atomic mass is 19.4. The summed E-state index contributed by atoms with van der Waals surface area (Å²) >= 11 is 0. The van der Waals surface area contributed by atoms with Crippen molar-refractivity contribution in [1.82, 2.24) is 0 Å². The normalized spacial score (nSPS) is 27.0. The average molecular weight is 430 g/mol. The highest BCUT2D eigenvalue weighted by Crippen LogP contribution is 2.29. The lowest BCUT2D eigenvalue weighted by atomic mass is 9.99. The molecular formula is C20H21F3O7. The number of aliphatic hydroxyl groups is 4. The Morgan fingerprint density at radius 3 is 2.20 bits per heavy atom. The first-order valence-electron chi connectivity index (χ1n) is 9.07. The van der Waals surface area contributed by atoms with Crippen molar-refractivity contribution in [2.75, 3.05) is 6.61 Å². The second kappa shape index (κ2) is 9.19. The van der Waals surface area contributed by atoms with Crippen molar-refractivity contribution in [1.29, 1.82) is 0 Å². The van der Waals surface area contributed by atoms with E-state index in [1.165, 1.54) is 24.3 Å². The molecule has 0 unspecified atom stereocenters. The maximum Gasteiger partial charge on any atom is 0.573 e. The number of hydrogen-bond acceptors (Lipinski definition) is 7. The summed E-state index contributed by atoms with van der Waals surface area (Å²) in [5.74, 6) is -0.0328. The third-order valence-corrected chi connectivity index (χ3v) is 4.62. The van der Waals surface area contributed by atoms with Crippen molar-refractivity contribution in [3.63, 3.8) is 0 Å². The minimum Gasteiger partial charge on any atom is -0.462 e. The van der Waals surface area contributed by atoms with Gasteiger partial charge in [0, 0.05) is 6.42 Å². The van der Waals surface area contributed by atoms with E-state index < -0.39 is 43.7 Å². The molecule has 0 aliphatic carbocycles. The van der Waals surface area contributed by atoms with Crippen molar-refractivity contribution >= 4 is 0 Å². The molecule has 10 heteroatoms. The Balaban J connectivity index is 1.73. The summed E-state index contributed by atoms with van der Waals surface area (Å²) in [6.45, 7) is -0.585. The zero-order valence-electron chi connectivity index (χ0n) is 15.6. The van der Waals surface area contributed by atoms with Crippen molar-refractivity contribution in [2.45, 2.75) is 43.5 Å². The van der Waals surface area contributed by atoms with E-state index in [4.69, 9.17) is 9.47 Å². The van der Waals surface area contributed by atoms with E-state index in [1.807, 2.05) is 0 Å². The minimum atomic E-state index is -4.77. The summed E-state index contributed by atoms with van der Waals surface area (Å²) in [6, 6.07) is 12.1. The van der Waals surface area contributed by atoms with Gasteiger partial charge in [-0.15, -0.1) is 13.2 Å². The smallest absolute Gasteiger partial charge is 0.462 e. The molecule has 1 aliphatic rings. The second-order valence-corrected chi connectivity index (χ2v) is 6.79. The fourth-order valence-corrected chi connectivity index (χ4v) is 3.08. The number of benzene rings is 2. The van der Waals surface area contributed by atoms with Crippen LogP contribution in [0.3, 0.4) is 0 Å². The second-order valence-electron chi connectivity index (χ2n) is 6.79. The summed E-state index contributed by atoms with van der Waals surface area (Å²) in [7, 11) is 0. The number of aliphatic hydroxyl groups excluding tert-OH is 4. The number of rotatable bonds is 6. The zero-order valence-corrected chi connectivity index (χ0v) is 15.6. The lowest BCUT2D eigenvalue weighted by Gasteiger charge is -2.39. The molecule has 0 radical (unpaired) electrons. The van der Waals surface area contributed by atoms with Crippen LogP contribution >= 0.6 is 0 Å². The van der Waals surface area contributed by atoms with Crippen LogP contribution in [0.25, 0.3) is 0 Å². The van der Waals surface area contributed by atoms with E-state index in [-0.39, 0.29) is 5.75 Å². The van der Waals surface area contributed by atoms with Gasteiger partial charge in [0.25, 0.3) is 0 Å². The summed E-state index contributed by atoms with van der Waals surface area (Å²) in [6.07, 6.45) is -11.6. The van der Waals surface area contributed by atoms with E-state index in [0.29, 0.717) is 23.3 Å². The molecule has 4 N–H and O–H groups in total. The van der Waals surface area contributed by atoms with Crippen LogP contribution in [0.5, 0.6) is 11.5 Å². The average Bonchev–Trinajstić information content (AvgIpc) is 2.70. The van der Waals surface area contributed by atoms with Gasteiger partial charge in [0.2, 0.25) is 6.29 Å². The summed E-state index contributed by atoms with van der Waals surface area (Å²) in [4.78, 5) is 0. The first-order valence-corrected chi connectivity index (χ1v) is 9.07. The monoisotopic (exact) mass is 430 g/mol. The van der Waals surface area contributed by atoms with Gasteiger partial charge in [-0.05, 0) is 29.3 Å². The molecule has 0 bridgehead atoms. The van der Waals surface area contributed by atoms with Gasteiger partial charge >= 0.3 is 6.36 Å². The highest BCUT2D eigenvalue weighted by Gasteiger charge is 2.44.